The standard InChI is InChI=1S/C11H14N2O2.C2H6/c1-7-4-9-10(14)12-11-8(2-3-15-11)6-13(9)5-7;1-2/h2-3,7,9H,4-6H2,1H3,(H,12,14);1-2H3. The third kappa shape index (κ3) is 2.22. The lowest BCUT2D eigenvalue weighted by atomic mass is 10.1. The van der Waals surface area contributed by atoms with Gasteiger partial charge in [0, 0.05) is 18.7 Å². The van der Waals surface area contributed by atoms with E-state index in [0.717, 1.165) is 25.1 Å². The van der Waals surface area contributed by atoms with Gasteiger partial charge in [-0.3, -0.25) is 15.0 Å². The Morgan fingerprint density at radius 1 is 1.47 bits per heavy atom. The first kappa shape index (κ1) is 12.2. The minimum Gasteiger partial charge on any atom is -0.448 e. The molecule has 0 saturated carbocycles. The monoisotopic (exact) mass is 236 g/mol. The van der Waals surface area contributed by atoms with E-state index in [-0.39, 0.29) is 11.9 Å². The molecule has 2 unspecified atom stereocenters. The lowest BCUT2D eigenvalue weighted by Crippen LogP contribution is -2.36. The van der Waals surface area contributed by atoms with Gasteiger partial charge in [-0.1, -0.05) is 20.8 Å². The number of nitrogens with one attached hydrogen (secondary N) is 1. The number of amides is 1. The molecule has 1 N–H and O–H groups in total. The molecule has 0 radical (unpaired) electrons. The molecule has 3 heterocycles. The Hall–Kier alpha value is -1.29. The molecule has 17 heavy (non-hydrogen) atoms. The summed E-state index contributed by atoms with van der Waals surface area (Å²) in [5, 5.41) is 2.85. The second-order valence-corrected chi connectivity index (χ2v) is 4.55. The van der Waals surface area contributed by atoms with Crippen molar-refractivity contribution in [3.63, 3.8) is 0 Å². The molecule has 0 bridgehead atoms. The number of hydrogen-bond acceptors (Lipinski definition) is 3. The van der Waals surface area contributed by atoms with Crippen molar-refractivity contribution < 1.29 is 9.21 Å². The lowest BCUT2D eigenvalue weighted by Gasteiger charge is -2.18. The minimum atomic E-state index is 0.0302. The summed E-state index contributed by atoms with van der Waals surface area (Å²) in [6.45, 7) is 8.01. The Kier molecular flexibility index (Phi) is 3.52. The molecule has 2 aliphatic heterocycles. The summed E-state index contributed by atoms with van der Waals surface area (Å²) in [6, 6.07) is 1.96. The number of carbonyl (C=O) groups is 1. The number of anilines is 1. The van der Waals surface area contributed by atoms with Crippen molar-refractivity contribution in [1.29, 1.82) is 0 Å². The van der Waals surface area contributed by atoms with Gasteiger partial charge in [-0.15, -0.1) is 0 Å². The maximum absolute atomic E-state index is 11.9. The molecule has 1 saturated heterocycles. The first-order chi connectivity index (χ1) is 8.24. The van der Waals surface area contributed by atoms with Crippen LogP contribution in [0.4, 0.5) is 5.88 Å². The Morgan fingerprint density at radius 2 is 2.24 bits per heavy atom. The molecule has 0 spiro atoms. The second kappa shape index (κ2) is 4.92. The van der Waals surface area contributed by atoms with E-state index in [1.54, 1.807) is 6.26 Å². The quantitative estimate of drug-likeness (QED) is 0.752. The van der Waals surface area contributed by atoms with Crippen molar-refractivity contribution in [2.24, 2.45) is 5.92 Å². The number of carbonyl (C=O) groups excluding carboxylic acids is 1. The molecule has 3 rings (SSSR count). The van der Waals surface area contributed by atoms with Gasteiger partial charge >= 0.3 is 0 Å². The van der Waals surface area contributed by atoms with Crippen molar-refractivity contribution in [2.45, 2.75) is 39.8 Å². The average molecular weight is 236 g/mol. The van der Waals surface area contributed by atoms with Crippen LogP contribution in [0.25, 0.3) is 0 Å². The summed E-state index contributed by atoms with van der Waals surface area (Å²) < 4.78 is 5.24. The molecule has 0 aliphatic carbocycles. The maximum Gasteiger partial charge on any atom is 0.244 e. The number of hydrogen-bond donors (Lipinski definition) is 1. The van der Waals surface area contributed by atoms with Gasteiger partial charge in [0.1, 0.15) is 0 Å². The lowest BCUT2D eigenvalue weighted by molar-refractivity contribution is -0.120. The molecular formula is C13H20N2O2. The summed E-state index contributed by atoms with van der Waals surface area (Å²) in [5.41, 5.74) is 1.08. The summed E-state index contributed by atoms with van der Waals surface area (Å²) in [5.74, 6) is 1.31. The van der Waals surface area contributed by atoms with Crippen LogP contribution in [-0.2, 0) is 11.3 Å². The molecule has 4 heteroatoms. The highest BCUT2D eigenvalue weighted by Gasteiger charge is 2.37. The number of furan rings is 1. The first-order valence-electron chi connectivity index (χ1n) is 6.35. The molecule has 1 aromatic rings. The normalized spacial score (nSPS) is 27.4. The van der Waals surface area contributed by atoms with Crippen molar-refractivity contribution in [1.82, 2.24) is 4.90 Å². The van der Waals surface area contributed by atoms with E-state index in [2.05, 4.69) is 17.1 Å². The van der Waals surface area contributed by atoms with Crippen LogP contribution in [0.2, 0.25) is 0 Å². The summed E-state index contributed by atoms with van der Waals surface area (Å²) >= 11 is 0. The third-order valence-electron chi connectivity index (χ3n) is 3.27. The summed E-state index contributed by atoms with van der Waals surface area (Å²) in [4.78, 5) is 14.1. The van der Waals surface area contributed by atoms with E-state index < -0.39 is 0 Å². The van der Waals surface area contributed by atoms with E-state index in [1.165, 1.54) is 0 Å². The van der Waals surface area contributed by atoms with Gasteiger partial charge in [-0.25, -0.2) is 0 Å². The highest BCUT2D eigenvalue weighted by molar-refractivity contribution is 5.95. The van der Waals surface area contributed by atoms with Gasteiger partial charge in [0.05, 0.1) is 12.3 Å². The van der Waals surface area contributed by atoms with Gasteiger partial charge in [0.25, 0.3) is 0 Å². The van der Waals surface area contributed by atoms with Gasteiger partial charge in [0.15, 0.2) is 0 Å². The van der Waals surface area contributed by atoms with Gasteiger partial charge in [-0.2, -0.15) is 0 Å². The van der Waals surface area contributed by atoms with Gasteiger partial charge in [-0.05, 0) is 18.4 Å². The van der Waals surface area contributed by atoms with E-state index in [0.29, 0.717) is 11.8 Å². The second-order valence-electron chi connectivity index (χ2n) is 4.55. The van der Waals surface area contributed by atoms with E-state index in [4.69, 9.17) is 4.42 Å². The maximum atomic E-state index is 11.9. The zero-order valence-electron chi connectivity index (χ0n) is 10.7. The molecule has 1 amide bonds. The summed E-state index contributed by atoms with van der Waals surface area (Å²) in [7, 11) is 0. The number of rotatable bonds is 0. The van der Waals surface area contributed by atoms with Crippen LogP contribution in [0, 0.1) is 5.92 Å². The van der Waals surface area contributed by atoms with Crippen molar-refractivity contribution >= 4 is 11.8 Å². The zero-order chi connectivity index (χ0) is 12.4. The Balaban J connectivity index is 0.000000514. The van der Waals surface area contributed by atoms with Crippen LogP contribution in [0.15, 0.2) is 16.7 Å². The fourth-order valence-electron chi connectivity index (χ4n) is 2.56. The third-order valence-corrected chi connectivity index (χ3v) is 3.27. The number of fused-ring (bicyclic) bond motifs is 2. The smallest absolute Gasteiger partial charge is 0.244 e. The van der Waals surface area contributed by atoms with Crippen LogP contribution < -0.4 is 5.32 Å². The van der Waals surface area contributed by atoms with Crippen LogP contribution in [0.5, 0.6) is 0 Å². The average Bonchev–Trinajstić information content (AvgIpc) is 2.87. The van der Waals surface area contributed by atoms with Crippen molar-refractivity contribution in [3.8, 4) is 0 Å². The fraction of sp³-hybridized carbons (Fsp3) is 0.615. The minimum absolute atomic E-state index is 0.0302. The Bertz CT molecular complexity index is 400. The topological polar surface area (TPSA) is 45.5 Å². The molecule has 94 valence electrons. The largest absolute Gasteiger partial charge is 0.448 e. The molecule has 1 fully saturated rings. The first-order valence-corrected chi connectivity index (χ1v) is 6.35. The Labute approximate surface area is 102 Å². The van der Waals surface area contributed by atoms with Gasteiger partial charge in [0.2, 0.25) is 11.8 Å². The highest BCUT2D eigenvalue weighted by Crippen LogP contribution is 2.31. The van der Waals surface area contributed by atoms with E-state index >= 15 is 0 Å². The molecule has 4 nitrogen and oxygen atoms in total. The van der Waals surface area contributed by atoms with Crippen LogP contribution in [0.3, 0.4) is 0 Å². The zero-order valence-corrected chi connectivity index (χ0v) is 10.7. The SMILES string of the molecule is CC.CC1CC2C(=O)Nc3occc3CN2C1. The molecular weight excluding hydrogens is 216 g/mol. The Morgan fingerprint density at radius 3 is 3.00 bits per heavy atom. The summed E-state index contributed by atoms with van der Waals surface area (Å²) in [6.07, 6.45) is 2.58. The fourth-order valence-corrected chi connectivity index (χ4v) is 2.56. The molecule has 2 aliphatic rings. The predicted molar refractivity (Wildman–Crippen MR) is 66.7 cm³/mol. The van der Waals surface area contributed by atoms with E-state index in [1.807, 2.05) is 19.9 Å². The highest BCUT2D eigenvalue weighted by atomic mass is 16.3. The van der Waals surface area contributed by atoms with Crippen LogP contribution >= 0.6 is 0 Å². The predicted octanol–water partition coefficient (Wildman–Crippen LogP) is 2.47. The van der Waals surface area contributed by atoms with Gasteiger partial charge < -0.3 is 4.42 Å². The van der Waals surface area contributed by atoms with Crippen molar-refractivity contribution in [2.75, 3.05) is 11.9 Å². The molecule has 2 atom stereocenters. The van der Waals surface area contributed by atoms with Crippen LogP contribution in [-0.4, -0.2) is 23.4 Å². The number of nitrogens with zero attached hydrogens (tertiary/aromatic N) is 1. The molecule has 1 aromatic heterocycles. The molecule has 0 aromatic carbocycles. The van der Waals surface area contributed by atoms with Crippen LogP contribution in [0.1, 0.15) is 32.8 Å². The van der Waals surface area contributed by atoms with E-state index in [9.17, 15) is 4.79 Å². The van der Waals surface area contributed by atoms with Crippen molar-refractivity contribution in [3.05, 3.63) is 17.9 Å².